The highest BCUT2D eigenvalue weighted by molar-refractivity contribution is 5.99. The van der Waals surface area contributed by atoms with Gasteiger partial charge in [0.05, 0.1) is 6.61 Å². The number of nitrogens with one attached hydrogen (secondary N) is 2. The summed E-state index contributed by atoms with van der Waals surface area (Å²) < 4.78 is 5.24. The minimum absolute atomic E-state index is 0.446. The summed E-state index contributed by atoms with van der Waals surface area (Å²) in [5, 5.41) is 15.3. The number of aliphatic hydroxyl groups excluding tert-OH is 1. The predicted molar refractivity (Wildman–Crippen MR) is 139 cm³/mol. The molecule has 192 valence electrons. The number of nitrogens with zero attached hydrogens (tertiary/aromatic N) is 1. The van der Waals surface area contributed by atoms with E-state index in [0.717, 1.165) is 5.56 Å². The summed E-state index contributed by atoms with van der Waals surface area (Å²) in [6.07, 6.45) is 4.87. The lowest BCUT2D eigenvalue weighted by molar-refractivity contribution is -0.143. The summed E-state index contributed by atoms with van der Waals surface area (Å²) in [6, 6.07) is 11.2. The van der Waals surface area contributed by atoms with Gasteiger partial charge in [0.1, 0.15) is 17.7 Å². The van der Waals surface area contributed by atoms with Gasteiger partial charge in [0.25, 0.3) is 5.91 Å². The van der Waals surface area contributed by atoms with Gasteiger partial charge < -0.3 is 25.4 Å². The molecular weight excluding hydrogens is 458 g/mol. The Hall–Kier alpha value is -3.83. The van der Waals surface area contributed by atoms with Crippen LogP contribution in [0.15, 0.2) is 48.5 Å². The third kappa shape index (κ3) is 7.33. The molecule has 8 heteroatoms. The molecule has 2 atom stereocenters. The Labute approximate surface area is 213 Å². The summed E-state index contributed by atoms with van der Waals surface area (Å²) in [5.74, 6) is 1.44. The Kier molecular flexibility index (Phi) is 9.65. The average molecular weight is 494 g/mol. The fraction of sp³-hybridized carbons (Fsp3) is 0.393. The highest BCUT2D eigenvalue weighted by atomic mass is 16.6. The number of alkyl carbamates (subject to hydrolysis) is 1. The minimum Gasteiger partial charge on any atom is -0.444 e. The molecule has 0 aliphatic heterocycles. The van der Waals surface area contributed by atoms with Crippen molar-refractivity contribution in [3.05, 3.63) is 65.2 Å². The van der Waals surface area contributed by atoms with E-state index in [4.69, 9.17) is 11.2 Å². The van der Waals surface area contributed by atoms with Crippen molar-refractivity contribution in [2.75, 3.05) is 11.9 Å². The lowest BCUT2D eigenvalue weighted by atomic mass is 9.96. The summed E-state index contributed by atoms with van der Waals surface area (Å²) in [5.41, 5.74) is 1.53. The number of amides is 3. The number of aryl methyl sites for hydroxylation is 1. The molecule has 0 fully saturated rings. The number of terminal acetylenes is 1. The Morgan fingerprint density at radius 1 is 1.08 bits per heavy atom. The second-order valence-corrected chi connectivity index (χ2v) is 9.66. The molecular formula is C28H35N3O5. The molecule has 3 amide bonds. The maximum Gasteiger partial charge on any atom is 0.408 e. The van der Waals surface area contributed by atoms with E-state index in [9.17, 15) is 19.5 Å². The monoisotopic (exact) mass is 493 g/mol. The SMILES string of the molecule is C#Cc1ccccc1C(C(=O)Nc1ccccc1C)N(C(=O)C(CO)NC(=O)OC(C)(C)C)C(C)C. The first-order valence-corrected chi connectivity index (χ1v) is 11.7. The Morgan fingerprint density at radius 3 is 2.25 bits per heavy atom. The van der Waals surface area contributed by atoms with Crippen LogP contribution >= 0.6 is 0 Å². The molecule has 2 rings (SSSR count). The Bertz CT molecular complexity index is 1130. The number of benzene rings is 2. The van der Waals surface area contributed by atoms with Gasteiger partial charge in [0, 0.05) is 17.3 Å². The highest BCUT2D eigenvalue weighted by Crippen LogP contribution is 2.29. The standard InChI is InChI=1S/C28H35N3O5/c1-8-20-14-10-11-15-21(20)24(25(33)29-22-16-12-9-13-19(22)4)31(18(2)3)26(34)23(17-32)30-27(35)36-28(5,6)7/h1,9-16,18,23-24,32H,17H2,2-7H3,(H,29,33)(H,30,35). The van der Waals surface area contributed by atoms with Gasteiger partial charge in [-0.15, -0.1) is 6.42 Å². The molecule has 0 saturated heterocycles. The number of hydrogen-bond acceptors (Lipinski definition) is 5. The van der Waals surface area contributed by atoms with E-state index in [2.05, 4.69) is 16.6 Å². The number of ether oxygens (including phenoxy) is 1. The van der Waals surface area contributed by atoms with Gasteiger partial charge in [-0.25, -0.2) is 4.79 Å². The van der Waals surface area contributed by atoms with Crippen LogP contribution in [0.5, 0.6) is 0 Å². The smallest absolute Gasteiger partial charge is 0.408 e. The molecule has 0 radical (unpaired) electrons. The normalized spacial score (nSPS) is 12.8. The van der Waals surface area contributed by atoms with E-state index in [1.807, 2.05) is 19.1 Å². The molecule has 36 heavy (non-hydrogen) atoms. The topological polar surface area (TPSA) is 108 Å². The molecule has 2 aromatic rings. The van der Waals surface area contributed by atoms with E-state index in [-0.39, 0.29) is 0 Å². The highest BCUT2D eigenvalue weighted by Gasteiger charge is 2.38. The van der Waals surface area contributed by atoms with E-state index in [1.165, 1.54) is 4.90 Å². The van der Waals surface area contributed by atoms with Crippen LogP contribution < -0.4 is 10.6 Å². The van der Waals surface area contributed by atoms with Gasteiger partial charge >= 0.3 is 6.09 Å². The maximum atomic E-state index is 13.8. The van der Waals surface area contributed by atoms with Crippen LogP contribution in [0.25, 0.3) is 0 Å². The lowest BCUT2D eigenvalue weighted by Gasteiger charge is -2.37. The first-order valence-electron chi connectivity index (χ1n) is 11.7. The van der Waals surface area contributed by atoms with Crippen molar-refractivity contribution in [2.45, 2.75) is 65.3 Å². The number of carbonyl (C=O) groups is 3. The quantitative estimate of drug-likeness (QED) is 0.485. The van der Waals surface area contributed by atoms with Gasteiger partial charge in [-0.05, 0) is 64.8 Å². The first-order chi connectivity index (χ1) is 16.9. The molecule has 0 aliphatic carbocycles. The second kappa shape index (κ2) is 12.2. The summed E-state index contributed by atoms with van der Waals surface area (Å²) in [4.78, 5) is 41.2. The van der Waals surface area contributed by atoms with Crippen molar-refractivity contribution >= 4 is 23.6 Å². The number of aliphatic hydroxyl groups is 1. The zero-order chi connectivity index (χ0) is 27.0. The lowest BCUT2D eigenvalue weighted by Crippen LogP contribution is -2.55. The summed E-state index contributed by atoms with van der Waals surface area (Å²) in [7, 11) is 0. The molecule has 3 N–H and O–H groups in total. The van der Waals surface area contributed by atoms with Crippen molar-refractivity contribution in [3.63, 3.8) is 0 Å². The molecule has 2 unspecified atom stereocenters. The fourth-order valence-corrected chi connectivity index (χ4v) is 3.69. The molecule has 0 aliphatic rings. The maximum absolute atomic E-state index is 13.8. The molecule has 8 nitrogen and oxygen atoms in total. The third-order valence-electron chi connectivity index (χ3n) is 5.32. The zero-order valence-electron chi connectivity index (χ0n) is 21.7. The largest absolute Gasteiger partial charge is 0.444 e. The number of carbonyl (C=O) groups excluding carboxylic acids is 3. The van der Waals surface area contributed by atoms with Crippen molar-refractivity contribution < 1.29 is 24.2 Å². The van der Waals surface area contributed by atoms with E-state index < -0.39 is 48.2 Å². The molecule has 0 bridgehead atoms. The number of anilines is 1. The third-order valence-corrected chi connectivity index (χ3v) is 5.32. The van der Waals surface area contributed by atoms with Crippen molar-refractivity contribution in [2.24, 2.45) is 0 Å². The van der Waals surface area contributed by atoms with Gasteiger partial charge in [0.15, 0.2) is 0 Å². The zero-order valence-corrected chi connectivity index (χ0v) is 21.7. The van der Waals surface area contributed by atoms with Gasteiger partial charge in [-0.3, -0.25) is 9.59 Å². The number of hydrogen-bond donors (Lipinski definition) is 3. The number of rotatable bonds is 8. The van der Waals surface area contributed by atoms with Crippen molar-refractivity contribution in [1.29, 1.82) is 0 Å². The van der Waals surface area contributed by atoms with Crippen LogP contribution in [-0.2, 0) is 14.3 Å². The van der Waals surface area contributed by atoms with Crippen LogP contribution in [0.4, 0.5) is 10.5 Å². The molecule has 0 aromatic heterocycles. The van der Waals surface area contributed by atoms with Crippen LogP contribution in [0, 0.1) is 19.3 Å². The van der Waals surface area contributed by atoms with Crippen molar-refractivity contribution in [3.8, 4) is 12.3 Å². The Morgan fingerprint density at radius 2 is 1.69 bits per heavy atom. The predicted octanol–water partition coefficient (Wildman–Crippen LogP) is 3.78. The fourth-order valence-electron chi connectivity index (χ4n) is 3.69. The number of para-hydroxylation sites is 1. The van der Waals surface area contributed by atoms with Crippen LogP contribution in [0.2, 0.25) is 0 Å². The van der Waals surface area contributed by atoms with Gasteiger partial charge in [0.2, 0.25) is 5.91 Å². The average Bonchev–Trinajstić information content (AvgIpc) is 2.80. The van der Waals surface area contributed by atoms with Crippen molar-refractivity contribution in [1.82, 2.24) is 10.2 Å². The molecule has 0 heterocycles. The van der Waals surface area contributed by atoms with E-state index >= 15 is 0 Å². The van der Waals surface area contributed by atoms with E-state index in [0.29, 0.717) is 16.8 Å². The van der Waals surface area contributed by atoms with Gasteiger partial charge in [-0.1, -0.05) is 42.3 Å². The second-order valence-electron chi connectivity index (χ2n) is 9.66. The van der Waals surface area contributed by atoms with Crippen LogP contribution in [-0.4, -0.2) is 52.2 Å². The Balaban J connectivity index is 2.53. The van der Waals surface area contributed by atoms with Crippen LogP contribution in [0.1, 0.15) is 57.4 Å². The first kappa shape index (κ1) is 28.4. The minimum atomic E-state index is -1.34. The molecule has 0 saturated carbocycles. The summed E-state index contributed by atoms with van der Waals surface area (Å²) in [6.45, 7) is 9.71. The summed E-state index contributed by atoms with van der Waals surface area (Å²) >= 11 is 0. The van der Waals surface area contributed by atoms with Gasteiger partial charge in [-0.2, -0.15) is 0 Å². The molecule has 0 spiro atoms. The van der Waals surface area contributed by atoms with Crippen LogP contribution in [0.3, 0.4) is 0 Å². The molecule has 2 aromatic carbocycles. The van der Waals surface area contributed by atoms with E-state index in [1.54, 1.807) is 71.0 Å².